The topological polar surface area (TPSA) is 52.3 Å². The van der Waals surface area contributed by atoms with E-state index in [9.17, 15) is 4.79 Å². The first-order valence-electron chi connectivity index (χ1n) is 3.23. The summed E-state index contributed by atoms with van der Waals surface area (Å²) in [6.07, 6.45) is 0.786. The molecule has 0 aromatic heterocycles. The van der Waals surface area contributed by atoms with E-state index in [0.717, 1.165) is 11.8 Å². The average Bonchev–Trinajstić information content (AvgIpc) is 2.06. The van der Waals surface area contributed by atoms with Crippen molar-refractivity contribution in [2.75, 3.05) is 0 Å². The van der Waals surface area contributed by atoms with Crippen LogP contribution in [0.4, 0.5) is 0 Å². The van der Waals surface area contributed by atoms with E-state index in [4.69, 9.17) is 5.90 Å². The Morgan fingerprint density at radius 3 is 2.82 bits per heavy atom. The minimum Gasteiger partial charge on any atom is -0.300 e. The maximum Gasteiger partial charge on any atom is 0.150 e. The zero-order valence-electron chi connectivity index (χ0n) is 5.99. The van der Waals surface area contributed by atoms with Crippen molar-refractivity contribution < 1.29 is 9.63 Å². The fourth-order valence-corrected chi connectivity index (χ4v) is 0.870. The third-order valence-corrected chi connectivity index (χ3v) is 1.42. The van der Waals surface area contributed by atoms with Gasteiger partial charge in [0, 0.05) is 5.56 Å². The molecule has 0 unspecified atom stereocenters. The number of rotatable bonds is 3. The van der Waals surface area contributed by atoms with Gasteiger partial charge in [-0.2, -0.15) is 0 Å². The molecule has 0 fully saturated rings. The van der Waals surface area contributed by atoms with Crippen LogP contribution in [0.5, 0.6) is 0 Å². The van der Waals surface area contributed by atoms with Gasteiger partial charge in [0.05, 0.1) is 6.61 Å². The normalized spacial score (nSPS) is 9.55. The Kier molecular flexibility index (Phi) is 2.77. The van der Waals surface area contributed by atoms with Gasteiger partial charge in [-0.25, -0.2) is 5.90 Å². The molecule has 0 bridgehead atoms. The van der Waals surface area contributed by atoms with Crippen molar-refractivity contribution in [1.82, 2.24) is 0 Å². The van der Waals surface area contributed by atoms with E-state index in [-0.39, 0.29) is 6.61 Å². The van der Waals surface area contributed by atoms with Crippen molar-refractivity contribution in [3.63, 3.8) is 0 Å². The third kappa shape index (κ3) is 1.86. The molecule has 0 aliphatic carbocycles. The molecule has 1 rings (SSSR count). The number of carbonyl (C=O) groups is 1. The highest BCUT2D eigenvalue weighted by molar-refractivity contribution is 5.76. The van der Waals surface area contributed by atoms with E-state index in [1.165, 1.54) is 0 Å². The lowest BCUT2D eigenvalue weighted by Crippen LogP contribution is -2.01. The summed E-state index contributed by atoms with van der Waals surface area (Å²) in [6, 6.07) is 7.16. The third-order valence-electron chi connectivity index (χ3n) is 1.42. The van der Waals surface area contributed by atoms with Crippen LogP contribution in [-0.2, 0) is 11.4 Å². The van der Waals surface area contributed by atoms with Crippen LogP contribution in [0.1, 0.15) is 15.9 Å². The Bertz CT molecular complexity index is 248. The van der Waals surface area contributed by atoms with Crippen molar-refractivity contribution in [3.8, 4) is 0 Å². The summed E-state index contributed by atoms with van der Waals surface area (Å²) in [7, 11) is 0. The number of hydrogen-bond acceptors (Lipinski definition) is 3. The number of nitrogens with two attached hydrogens (primary N) is 1. The highest BCUT2D eigenvalue weighted by Gasteiger charge is 1.97. The van der Waals surface area contributed by atoms with Gasteiger partial charge in [-0.3, -0.25) is 9.63 Å². The van der Waals surface area contributed by atoms with Gasteiger partial charge in [0.15, 0.2) is 0 Å². The van der Waals surface area contributed by atoms with Crippen molar-refractivity contribution >= 4 is 6.29 Å². The maximum atomic E-state index is 10.4. The molecular weight excluding hydrogens is 142 g/mol. The van der Waals surface area contributed by atoms with E-state index in [0.29, 0.717) is 5.56 Å². The highest BCUT2D eigenvalue weighted by atomic mass is 16.6. The van der Waals surface area contributed by atoms with Crippen LogP contribution in [0.25, 0.3) is 0 Å². The average molecular weight is 151 g/mol. The Morgan fingerprint density at radius 2 is 2.18 bits per heavy atom. The predicted octanol–water partition coefficient (Wildman–Crippen LogP) is 0.889. The Balaban J connectivity index is 2.92. The molecule has 0 atom stereocenters. The first-order valence-corrected chi connectivity index (χ1v) is 3.23. The second-order valence-corrected chi connectivity index (χ2v) is 2.13. The molecule has 1 aromatic rings. The molecule has 0 heterocycles. The molecule has 3 nitrogen and oxygen atoms in total. The number of carbonyl (C=O) groups excluding carboxylic acids is 1. The molecule has 2 N–H and O–H groups in total. The molecule has 0 aliphatic rings. The van der Waals surface area contributed by atoms with Crippen molar-refractivity contribution in [2.45, 2.75) is 6.61 Å². The van der Waals surface area contributed by atoms with Gasteiger partial charge in [-0.05, 0) is 5.56 Å². The van der Waals surface area contributed by atoms with E-state index >= 15 is 0 Å². The minimum absolute atomic E-state index is 0.273. The van der Waals surface area contributed by atoms with Crippen LogP contribution in [0, 0.1) is 0 Å². The molecule has 0 aliphatic heterocycles. The molecular formula is C8H9NO2. The molecule has 0 amide bonds. The fraction of sp³-hybridized carbons (Fsp3) is 0.125. The molecule has 58 valence electrons. The van der Waals surface area contributed by atoms with Crippen LogP contribution in [0.15, 0.2) is 24.3 Å². The highest BCUT2D eigenvalue weighted by Crippen LogP contribution is 2.05. The Hall–Kier alpha value is -1.19. The lowest BCUT2D eigenvalue weighted by atomic mass is 10.1. The van der Waals surface area contributed by atoms with Crippen molar-refractivity contribution in [3.05, 3.63) is 35.4 Å². The van der Waals surface area contributed by atoms with Gasteiger partial charge >= 0.3 is 0 Å². The van der Waals surface area contributed by atoms with Gasteiger partial charge in [0.25, 0.3) is 0 Å². The van der Waals surface area contributed by atoms with Gasteiger partial charge in [-0.15, -0.1) is 0 Å². The summed E-state index contributed by atoms with van der Waals surface area (Å²) in [5.74, 6) is 4.87. The summed E-state index contributed by atoms with van der Waals surface area (Å²) >= 11 is 0. The summed E-state index contributed by atoms with van der Waals surface area (Å²) in [4.78, 5) is 14.8. The molecule has 1 aromatic carbocycles. The molecule has 0 spiro atoms. The molecule has 0 saturated heterocycles. The standard InChI is InChI=1S/C8H9NO2/c9-11-6-8-4-2-1-3-7(8)5-10/h1-5H,6,9H2. The minimum atomic E-state index is 0.273. The summed E-state index contributed by atoms with van der Waals surface area (Å²) in [5, 5.41) is 0. The number of aldehydes is 1. The monoisotopic (exact) mass is 151 g/mol. The number of hydrogen-bond donors (Lipinski definition) is 1. The van der Waals surface area contributed by atoms with E-state index in [2.05, 4.69) is 4.84 Å². The van der Waals surface area contributed by atoms with Crippen LogP contribution in [-0.4, -0.2) is 6.29 Å². The van der Waals surface area contributed by atoms with Crippen molar-refractivity contribution in [2.24, 2.45) is 5.90 Å². The van der Waals surface area contributed by atoms with Crippen LogP contribution < -0.4 is 5.90 Å². The number of benzene rings is 1. The SMILES string of the molecule is NOCc1ccccc1C=O. The van der Waals surface area contributed by atoms with Gasteiger partial charge in [-0.1, -0.05) is 24.3 Å². The lowest BCUT2D eigenvalue weighted by Gasteiger charge is -2.00. The largest absolute Gasteiger partial charge is 0.300 e. The molecule has 11 heavy (non-hydrogen) atoms. The lowest BCUT2D eigenvalue weighted by molar-refractivity contribution is 0.110. The van der Waals surface area contributed by atoms with E-state index in [1.807, 2.05) is 6.07 Å². The first kappa shape index (κ1) is 7.91. The Morgan fingerprint density at radius 1 is 1.45 bits per heavy atom. The molecule has 0 radical (unpaired) electrons. The Labute approximate surface area is 64.7 Å². The summed E-state index contributed by atoms with van der Waals surface area (Å²) < 4.78 is 0. The predicted molar refractivity (Wildman–Crippen MR) is 40.8 cm³/mol. The van der Waals surface area contributed by atoms with Crippen LogP contribution in [0.2, 0.25) is 0 Å². The van der Waals surface area contributed by atoms with Crippen molar-refractivity contribution in [1.29, 1.82) is 0 Å². The van der Waals surface area contributed by atoms with E-state index in [1.54, 1.807) is 18.2 Å². The molecule has 0 saturated carbocycles. The zero-order valence-corrected chi connectivity index (χ0v) is 5.99. The van der Waals surface area contributed by atoms with E-state index < -0.39 is 0 Å². The zero-order chi connectivity index (χ0) is 8.10. The first-order chi connectivity index (χ1) is 5.38. The summed E-state index contributed by atoms with van der Waals surface area (Å²) in [5.41, 5.74) is 1.43. The fourth-order valence-electron chi connectivity index (χ4n) is 0.870. The smallest absolute Gasteiger partial charge is 0.150 e. The van der Waals surface area contributed by atoms with Gasteiger partial charge in [0.1, 0.15) is 6.29 Å². The maximum absolute atomic E-state index is 10.4. The van der Waals surface area contributed by atoms with Crippen LogP contribution in [0.3, 0.4) is 0 Å². The van der Waals surface area contributed by atoms with Gasteiger partial charge in [0.2, 0.25) is 0 Å². The second kappa shape index (κ2) is 3.85. The second-order valence-electron chi connectivity index (χ2n) is 2.13. The quantitative estimate of drug-likeness (QED) is 0.515. The molecule has 3 heteroatoms. The van der Waals surface area contributed by atoms with Crippen LogP contribution >= 0.6 is 0 Å². The van der Waals surface area contributed by atoms with Gasteiger partial charge < -0.3 is 0 Å². The summed E-state index contributed by atoms with van der Waals surface area (Å²) in [6.45, 7) is 0.273.